The van der Waals surface area contributed by atoms with Crippen molar-refractivity contribution >= 4 is 17.5 Å². The van der Waals surface area contributed by atoms with Crippen molar-refractivity contribution < 1.29 is 9.59 Å². The van der Waals surface area contributed by atoms with Gasteiger partial charge in [-0.1, -0.05) is 66.7 Å². The summed E-state index contributed by atoms with van der Waals surface area (Å²) in [5.74, 6) is -1.13. The largest absolute Gasteiger partial charge is 0.368 e. The molecule has 0 spiro atoms. The van der Waals surface area contributed by atoms with Crippen LogP contribution in [0.5, 0.6) is 0 Å². The van der Waals surface area contributed by atoms with Crippen molar-refractivity contribution in [3.8, 4) is 11.1 Å². The second kappa shape index (κ2) is 8.93. The van der Waals surface area contributed by atoms with Gasteiger partial charge in [-0.3, -0.25) is 14.9 Å². The average molecular weight is 399 g/mol. The summed E-state index contributed by atoms with van der Waals surface area (Å²) in [6.45, 7) is 0. The lowest BCUT2D eigenvalue weighted by atomic mass is 9.87. The molecule has 152 valence electrons. The van der Waals surface area contributed by atoms with Crippen molar-refractivity contribution in [1.82, 2.24) is 5.32 Å². The minimum Gasteiger partial charge on any atom is -0.368 e. The molecule has 1 aliphatic rings. The lowest BCUT2D eigenvalue weighted by Crippen LogP contribution is -2.51. The number of carbonyl (C=O) groups is 2. The Balaban J connectivity index is 1.46. The molecule has 0 radical (unpaired) electrons. The molecule has 2 atom stereocenters. The maximum Gasteiger partial charge on any atom is 0.251 e. The van der Waals surface area contributed by atoms with E-state index < -0.39 is 17.9 Å². The van der Waals surface area contributed by atoms with Gasteiger partial charge in [0, 0.05) is 11.7 Å². The predicted molar refractivity (Wildman–Crippen MR) is 119 cm³/mol. The van der Waals surface area contributed by atoms with Crippen molar-refractivity contribution in [2.45, 2.75) is 31.3 Å². The standard InChI is InChI=1S/C25H25N3O2/c26-24(29)23(28-22-12-6-10-19-9-4-5-11-21(19)22)25(30)27-20-15-13-18(14-16-20)17-7-2-1-3-8-17/h1-5,7-9,11,13-16,22-23,28H,6,10,12H2,(H2,26,29)(H,27,30). The number of anilines is 1. The fraction of sp³-hybridized carbons (Fsp3) is 0.200. The van der Waals surface area contributed by atoms with Gasteiger partial charge in [-0.25, -0.2) is 0 Å². The molecule has 5 nitrogen and oxygen atoms in total. The van der Waals surface area contributed by atoms with E-state index in [1.807, 2.05) is 72.8 Å². The smallest absolute Gasteiger partial charge is 0.251 e. The van der Waals surface area contributed by atoms with Crippen LogP contribution in [0.15, 0.2) is 78.9 Å². The Kier molecular flexibility index (Phi) is 5.91. The number of nitrogens with two attached hydrogens (primary N) is 1. The number of carbonyl (C=O) groups excluding carboxylic acids is 2. The molecule has 0 aliphatic heterocycles. The Morgan fingerprint density at radius 2 is 1.53 bits per heavy atom. The Labute approximate surface area is 176 Å². The minimum atomic E-state index is -1.10. The first kappa shape index (κ1) is 19.9. The summed E-state index contributed by atoms with van der Waals surface area (Å²) < 4.78 is 0. The monoisotopic (exact) mass is 399 g/mol. The van der Waals surface area contributed by atoms with Crippen molar-refractivity contribution in [1.29, 1.82) is 0 Å². The third kappa shape index (κ3) is 4.42. The number of aryl methyl sites for hydroxylation is 1. The maximum absolute atomic E-state index is 12.8. The molecular formula is C25H25N3O2. The van der Waals surface area contributed by atoms with Crippen LogP contribution >= 0.6 is 0 Å². The topological polar surface area (TPSA) is 84.2 Å². The van der Waals surface area contributed by atoms with E-state index >= 15 is 0 Å². The van der Waals surface area contributed by atoms with E-state index in [0.717, 1.165) is 36.0 Å². The summed E-state index contributed by atoms with van der Waals surface area (Å²) in [6, 6.07) is 24.5. The summed E-state index contributed by atoms with van der Waals surface area (Å²) in [5, 5.41) is 6.00. The molecule has 0 saturated carbocycles. The summed E-state index contributed by atoms with van der Waals surface area (Å²) in [7, 11) is 0. The van der Waals surface area contributed by atoms with Crippen LogP contribution in [0.1, 0.15) is 30.0 Å². The number of nitrogens with one attached hydrogen (secondary N) is 2. The molecule has 0 heterocycles. The van der Waals surface area contributed by atoms with Crippen molar-refractivity contribution in [3.63, 3.8) is 0 Å². The molecule has 2 amide bonds. The van der Waals surface area contributed by atoms with Crippen LogP contribution in [-0.2, 0) is 16.0 Å². The van der Waals surface area contributed by atoms with Crippen LogP contribution in [0.4, 0.5) is 5.69 Å². The second-order valence-corrected chi connectivity index (χ2v) is 7.58. The Bertz CT molecular complexity index is 1030. The van der Waals surface area contributed by atoms with E-state index in [9.17, 15) is 9.59 Å². The van der Waals surface area contributed by atoms with Gasteiger partial charge in [-0.15, -0.1) is 0 Å². The van der Waals surface area contributed by atoms with Gasteiger partial charge in [0.2, 0.25) is 5.91 Å². The first-order valence-electron chi connectivity index (χ1n) is 10.2. The van der Waals surface area contributed by atoms with E-state index in [1.165, 1.54) is 5.56 Å². The number of fused-ring (bicyclic) bond motifs is 1. The van der Waals surface area contributed by atoms with Crippen LogP contribution in [0.3, 0.4) is 0 Å². The molecule has 4 rings (SSSR count). The quantitative estimate of drug-likeness (QED) is 0.551. The van der Waals surface area contributed by atoms with E-state index in [4.69, 9.17) is 5.73 Å². The first-order valence-corrected chi connectivity index (χ1v) is 10.2. The number of hydrogen-bond acceptors (Lipinski definition) is 3. The van der Waals surface area contributed by atoms with Crippen LogP contribution in [0, 0.1) is 0 Å². The van der Waals surface area contributed by atoms with Gasteiger partial charge < -0.3 is 11.1 Å². The molecule has 0 saturated heterocycles. The van der Waals surface area contributed by atoms with Crippen LogP contribution in [0.25, 0.3) is 11.1 Å². The van der Waals surface area contributed by atoms with Crippen LogP contribution in [0.2, 0.25) is 0 Å². The molecule has 3 aromatic carbocycles. The molecular weight excluding hydrogens is 374 g/mol. The molecule has 0 aromatic heterocycles. The molecule has 1 aliphatic carbocycles. The molecule has 30 heavy (non-hydrogen) atoms. The fourth-order valence-corrected chi connectivity index (χ4v) is 4.01. The number of rotatable bonds is 6. The van der Waals surface area contributed by atoms with Crippen molar-refractivity contribution in [2.24, 2.45) is 5.73 Å². The predicted octanol–water partition coefficient (Wildman–Crippen LogP) is 3.81. The van der Waals surface area contributed by atoms with Gasteiger partial charge in [0.15, 0.2) is 6.04 Å². The third-order valence-electron chi connectivity index (χ3n) is 5.54. The number of benzene rings is 3. The summed E-state index contributed by atoms with van der Waals surface area (Å²) in [5.41, 5.74) is 10.7. The zero-order chi connectivity index (χ0) is 20.9. The zero-order valence-electron chi connectivity index (χ0n) is 16.7. The van der Waals surface area contributed by atoms with Gasteiger partial charge in [-0.05, 0) is 53.6 Å². The third-order valence-corrected chi connectivity index (χ3v) is 5.54. The molecule has 3 aromatic rings. The van der Waals surface area contributed by atoms with Crippen LogP contribution in [-0.4, -0.2) is 17.9 Å². The van der Waals surface area contributed by atoms with Gasteiger partial charge in [0.25, 0.3) is 5.91 Å². The highest BCUT2D eigenvalue weighted by molar-refractivity contribution is 6.09. The minimum absolute atomic E-state index is 0.0707. The van der Waals surface area contributed by atoms with E-state index in [1.54, 1.807) is 0 Å². The van der Waals surface area contributed by atoms with Gasteiger partial charge in [-0.2, -0.15) is 0 Å². The summed E-state index contributed by atoms with van der Waals surface area (Å²) >= 11 is 0. The number of amides is 2. The average Bonchev–Trinajstić information content (AvgIpc) is 2.78. The Hall–Kier alpha value is -3.44. The van der Waals surface area contributed by atoms with E-state index in [-0.39, 0.29) is 6.04 Å². The lowest BCUT2D eigenvalue weighted by molar-refractivity contribution is -0.128. The van der Waals surface area contributed by atoms with Gasteiger partial charge in [0.1, 0.15) is 0 Å². The summed E-state index contributed by atoms with van der Waals surface area (Å²) in [4.78, 5) is 24.9. The van der Waals surface area contributed by atoms with Gasteiger partial charge in [0.05, 0.1) is 0 Å². The molecule has 5 heteroatoms. The highest BCUT2D eigenvalue weighted by atomic mass is 16.2. The van der Waals surface area contributed by atoms with Gasteiger partial charge >= 0.3 is 0 Å². The number of hydrogen-bond donors (Lipinski definition) is 3. The molecule has 0 bridgehead atoms. The summed E-state index contributed by atoms with van der Waals surface area (Å²) in [6.07, 6.45) is 2.87. The fourth-order valence-electron chi connectivity index (χ4n) is 4.01. The Morgan fingerprint density at radius 3 is 2.27 bits per heavy atom. The van der Waals surface area contributed by atoms with Crippen molar-refractivity contribution in [3.05, 3.63) is 90.0 Å². The van der Waals surface area contributed by atoms with E-state index in [2.05, 4.69) is 16.7 Å². The first-order chi connectivity index (χ1) is 14.6. The second-order valence-electron chi connectivity index (χ2n) is 7.58. The Morgan fingerprint density at radius 1 is 0.867 bits per heavy atom. The number of primary amides is 1. The molecule has 4 N–H and O–H groups in total. The van der Waals surface area contributed by atoms with E-state index in [0.29, 0.717) is 5.69 Å². The maximum atomic E-state index is 12.8. The van der Waals surface area contributed by atoms with Crippen LogP contribution < -0.4 is 16.4 Å². The molecule has 0 fully saturated rings. The normalized spacial score (nSPS) is 16.3. The lowest BCUT2D eigenvalue weighted by Gasteiger charge is -2.29. The highest BCUT2D eigenvalue weighted by Crippen LogP contribution is 2.30. The highest BCUT2D eigenvalue weighted by Gasteiger charge is 2.30. The molecule has 2 unspecified atom stereocenters. The zero-order valence-corrected chi connectivity index (χ0v) is 16.7. The SMILES string of the molecule is NC(=O)C(NC1CCCc2ccccc21)C(=O)Nc1ccc(-c2ccccc2)cc1. The van der Waals surface area contributed by atoms with Crippen molar-refractivity contribution in [2.75, 3.05) is 5.32 Å².